The number of nitrogens with one attached hydrogen (secondary N) is 1. The average Bonchev–Trinajstić information content (AvgIpc) is 2.83. The molecule has 0 atom stereocenters. The number of esters is 2. The Morgan fingerprint density at radius 2 is 1.52 bits per heavy atom. The monoisotopic (exact) mass is 445 g/mol. The Bertz CT molecular complexity index is 1230. The summed E-state index contributed by atoms with van der Waals surface area (Å²) in [7, 11) is 1.26. The molecule has 1 amide bonds. The number of carbonyl (C=O) groups is 4. The molecule has 3 rings (SSSR count). The first kappa shape index (κ1) is 23.4. The van der Waals surface area contributed by atoms with Crippen LogP contribution >= 0.6 is 0 Å². The van der Waals surface area contributed by atoms with Crippen molar-refractivity contribution in [3.05, 3.63) is 100 Å². The van der Waals surface area contributed by atoms with Crippen molar-refractivity contribution in [3.63, 3.8) is 0 Å². The smallest absolute Gasteiger partial charge is 0.339 e. The molecule has 0 aliphatic heterocycles. The maximum absolute atomic E-state index is 13.1. The van der Waals surface area contributed by atoms with Crippen molar-refractivity contribution in [2.75, 3.05) is 19.0 Å². The number of aryl methyl sites for hydroxylation is 2. The number of amides is 1. The molecule has 0 saturated carbocycles. The summed E-state index contributed by atoms with van der Waals surface area (Å²) in [5.74, 6) is -2.22. The van der Waals surface area contributed by atoms with Crippen LogP contribution in [0.4, 0.5) is 5.69 Å². The normalized spacial score (nSPS) is 10.3. The number of rotatable bonds is 7. The molecule has 33 heavy (non-hydrogen) atoms. The van der Waals surface area contributed by atoms with Gasteiger partial charge in [0.25, 0.3) is 5.91 Å². The maximum Gasteiger partial charge on any atom is 0.339 e. The lowest BCUT2D eigenvalue weighted by atomic mass is 9.94. The zero-order valence-corrected chi connectivity index (χ0v) is 18.5. The van der Waals surface area contributed by atoms with Gasteiger partial charge in [-0.15, -0.1) is 0 Å². The summed E-state index contributed by atoms with van der Waals surface area (Å²) in [6, 6.07) is 18.0. The molecule has 0 unspecified atom stereocenters. The lowest BCUT2D eigenvalue weighted by Gasteiger charge is -2.11. The highest BCUT2D eigenvalue weighted by Crippen LogP contribution is 2.20. The van der Waals surface area contributed by atoms with Gasteiger partial charge in [0, 0.05) is 16.8 Å². The zero-order chi connectivity index (χ0) is 24.0. The molecule has 0 saturated heterocycles. The van der Waals surface area contributed by atoms with Crippen molar-refractivity contribution in [2.45, 2.75) is 13.8 Å². The van der Waals surface area contributed by atoms with Crippen molar-refractivity contribution >= 4 is 29.3 Å². The number of methoxy groups -OCH3 is 1. The third kappa shape index (κ3) is 5.71. The number of hydrogen-bond acceptors (Lipinski definition) is 6. The highest BCUT2D eigenvalue weighted by molar-refractivity contribution is 6.15. The van der Waals surface area contributed by atoms with Gasteiger partial charge in [-0.05, 0) is 49.7 Å². The summed E-state index contributed by atoms with van der Waals surface area (Å²) in [4.78, 5) is 49.7. The number of ether oxygens (including phenoxy) is 2. The van der Waals surface area contributed by atoms with E-state index in [1.165, 1.54) is 19.2 Å². The van der Waals surface area contributed by atoms with Gasteiger partial charge in [-0.25, -0.2) is 9.59 Å². The van der Waals surface area contributed by atoms with Crippen LogP contribution in [0.1, 0.15) is 47.8 Å². The molecule has 3 aromatic carbocycles. The van der Waals surface area contributed by atoms with Crippen LogP contribution in [-0.2, 0) is 14.3 Å². The van der Waals surface area contributed by atoms with Gasteiger partial charge >= 0.3 is 11.9 Å². The molecule has 0 bridgehead atoms. The zero-order valence-electron chi connectivity index (χ0n) is 18.5. The van der Waals surface area contributed by atoms with Gasteiger partial charge in [0.2, 0.25) is 0 Å². The molecule has 7 heteroatoms. The van der Waals surface area contributed by atoms with E-state index in [2.05, 4.69) is 10.1 Å². The van der Waals surface area contributed by atoms with Gasteiger partial charge in [-0.3, -0.25) is 9.59 Å². The molecular formula is C26H23NO6. The lowest BCUT2D eigenvalue weighted by molar-refractivity contribution is -0.119. The maximum atomic E-state index is 13.1. The predicted molar refractivity (Wildman–Crippen MR) is 122 cm³/mol. The minimum atomic E-state index is -0.789. The van der Waals surface area contributed by atoms with E-state index in [1.54, 1.807) is 42.5 Å². The van der Waals surface area contributed by atoms with E-state index in [1.807, 2.05) is 26.0 Å². The van der Waals surface area contributed by atoms with Gasteiger partial charge in [-0.1, -0.05) is 42.0 Å². The summed E-state index contributed by atoms with van der Waals surface area (Å²) in [6.45, 7) is 3.15. The van der Waals surface area contributed by atoms with E-state index in [9.17, 15) is 19.2 Å². The number of benzene rings is 3. The minimum absolute atomic E-state index is 0.0731. The minimum Gasteiger partial charge on any atom is -0.465 e. The Hall–Kier alpha value is -4.26. The molecule has 0 aliphatic carbocycles. The quantitative estimate of drug-likeness (QED) is 0.434. The van der Waals surface area contributed by atoms with Crippen LogP contribution in [0.25, 0.3) is 0 Å². The SMILES string of the molecule is COC(=O)c1cccc(NC(=O)COC(=O)c2ccccc2C(=O)c2cc(C)ccc2C)c1. The van der Waals surface area contributed by atoms with Crippen LogP contribution < -0.4 is 5.32 Å². The standard InChI is InChI=1S/C26H23NO6/c1-16-11-12-17(2)22(13-16)24(29)20-9-4-5-10-21(20)26(31)33-15-23(28)27-19-8-6-7-18(14-19)25(30)32-3/h4-14H,15H2,1-3H3,(H,27,28). The fourth-order valence-corrected chi connectivity index (χ4v) is 3.23. The van der Waals surface area contributed by atoms with Gasteiger partial charge in [-0.2, -0.15) is 0 Å². The van der Waals surface area contributed by atoms with Gasteiger partial charge < -0.3 is 14.8 Å². The molecule has 0 heterocycles. The van der Waals surface area contributed by atoms with Crippen molar-refractivity contribution in [2.24, 2.45) is 0 Å². The Balaban J connectivity index is 1.70. The van der Waals surface area contributed by atoms with E-state index in [0.29, 0.717) is 11.3 Å². The molecule has 3 aromatic rings. The first-order valence-electron chi connectivity index (χ1n) is 10.2. The van der Waals surface area contributed by atoms with E-state index in [0.717, 1.165) is 11.1 Å². The van der Waals surface area contributed by atoms with Crippen molar-refractivity contribution in [1.29, 1.82) is 0 Å². The summed E-state index contributed by atoms with van der Waals surface area (Å²) in [5.41, 5.74) is 3.11. The van der Waals surface area contributed by atoms with Crippen LogP contribution in [0.3, 0.4) is 0 Å². The highest BCUT2D eigenvalue weighted by atomic mass is 16.5. The van der Waals surface area contributed by atoms with Crippen LogP contribution in [0.2, 0.25) is 0 Å². The van der Waals surface area contributed by atoms with E-state index in [4.69, 9.17) is 4.74 Å². The van der Waals surface area contributed by atoms with Gasteiger partial charge in [0.05, 0.1) is 18.2 Å². The topological polar surface area (TPSA) is 98.8 Å². The molecule has 0 aliphatic rings. The van der Waals surface area contributed by atoms with E-state index in [-0.39, 0.29) is 22.5 Å². The largest absolute Gasteiger partial charge is 0.465 e. The fraction of sp³-hybridized carbons (Fsp3) is 0.154. The Labute approximate surface area is 191 Å². The molecule has 7 nitrogen and oxygen atoms in total. The number of carbonyl (C=O) groups excluding carboxylic acids is 4. The average molecular weight is 445 g/mol. The summed E-state index contributed by atoms with van der Waals surface area (Å²) >= 11 is 0. The Kier molecular flexibility index (Phi) is 7.35. The van der Waals surface area contributed by atoms with Crippen LogP contribution in [0.15, 0.2) is 66.7 Å². The number of hydrogen-bond donors (Lipinski definition) is 1. The van der Waals surface area contributed by atoms with Gasteiger partial charge in [0.15, 0.2) is 12.4 Å². The first-order valence-corrected chi connectivity index (χ1v) is 10.2. The second kappa shape index (κ2) is 10.4. The Morgan fingerprint density at radius 1 is 0.788 bits per heavy atom. The van der Waals surface area contributed by atoms with E-state index >= 15 is 0 Å². The predicted octanol–water partition coefficient (Wildman–Crippen LogP) is 4.12. The second-order valence-electron chi connectivity index (χ2n) is 7.39. The van der Waals surface area contributed by atoms with E-state index < -0.39 is 24.5 Å². The molecule has 0 fully saturated rings. The van der Waals surface area contributed by atoms with Crippen molar-refractivity contribution in [3.8, 4) is 0 Å². The fourth-order valence-electron chi connectivity index (χ4n) is 3.23. The molecular weight excluding hydrogens is 422 g/mol. The van der Waals surface area contributed by atoms with Crippen LogP contribution in [0, 0.1) is 13.8 Å². The molecule has 0 radical (unpaired) electrons. The molecule has 1 N–H and O–H groups in total. The molecule has 0 aromatic heterocycles. The molecule has 168 valence electrons. The number of anilines is 1. The lowest BCUT2D eigenvalue weighted by Crippen LogP contribution is -2.22. The third-order valence-electron chi connectivity index (χ3n) is 4.93. The van der Waals surface area contributed by atoms with Gasteiger partial charge in [0.1, 0.15) is 0 Å². The summed E-state index contributed by atoms with van der Waals surface area (Å²) in [6.07, 6.45) is 0. The van der Waals surface area contributed by atoms with Crippen molar-refractivity contribution in [1.82, 2.24) is 0 Å². The van der Waals surface area contributed by atoms with Crippen molar-refractivity contribution < 1.29 is 28.7 Å². The Morgan fingerprint density at radius 3 is 2.24 bits per heavy atom. The third-order valence-corrected chi connectivity index (χ3v) is 4.93. The first-order chi connectivity index (χ1) is 15.8. The second-order valence-corrected chi connectivity index (χ2v) is 7.39. The summed E-state index contributed by atoms with van der Waals surface area (Å²) < 4.78 is 9.80. The highest BCUT2D eigenvalue weighted by Gasteiger charge is 2.21. The summed E-state index contributed by atoms with van der Waals surface area (Å²) in [5, 5.41) is 2.55. The number of ketones is 1. The molecule has 0 spiro atoms. The van der Waals surface area contributed by atoms with Crippen LogP contribution in [0.5, 0.6) is 0 Å². The van der Waals surface area contributed by atoms with Crippen LogP contribution in [-0.4, -0.2) is 37.3 Å².